The van der Waals surface area contributed by atoms with E-state index in [1.54, 1.807) is 42.4 Å². The molecule has 302 valence electrons. The summed E-state index contributed by atoms with van der Waals surface area (Å²) in [6.07, 6.45) is 13.3. The van der Waals surface area contributed by atoms with E-state index in [0.29, 0.717) is 58.3 Å². The highest BCUT2D eigenvalue weighted by molar-refractivity contribution is 9.10. The monoisotopic (exact) mass is 866 g/mol. The van der Waals surface area contributed by atoms with Gasteiger partial charge in [0.25, 0.3) is 0 Å². The summed E-state index contributed by atoms with van der Waals surface area (Å²) >= 11 is 3.59. The van der Waals surface area contributed by atoms with Crippen LogP contribution in [-0.2, 0) is 16.3 Å². The van der Waals surface area contributed by atoms with Crippen LogP contribution >= 0.6 is 23.1 Å². The van der Waals surface area contributed by atoms with E-state index < -0.39 is 12.7 Å². The van der Waals surface area contributed by atoms with Gasteiger partial charge in [-0.15, -0.1) is 0 Å². The molecule has 2 N–H and O–H groups in total. The van der Waals surface area contributed by atoms with Crippen LogP contribution in [0.1, 0.15) is 20.8 Å². The topological polar surface area (TPSA) is 143 Å². The van der Waals surface area contributed by atoms with Gasteiger partial charge in [-0.05, 0) is 74.3 Å². The van der Waals surface area contributed by atoms with Gasteiger partial charge in [0.15, 0.2) is 0 Å². The van der Waals surface area contributed by atoms with Gasteiger partial charge in [0.1, 0.15) is 24.3 Å². The molecule has 0 aliphatic carbocycles. The summed E-state index contributed by atoms with van der Waals surface area (Å²) in [6.45, 7) is 12.4. The molecule has 0 radical (unpaired) electrons. The number of aryl methyl sites for hydroxylation is 1. The molecule has 58 heavy (non-hydrogen) atoms. The minimum atomic E-state index is -2.74. The molecule has 0 atom stereocenters. The van der Waals surface area contributed by atoms with Crippen molar-refractivity contribution >= 4 is 63.3 Å². The van der Waals surface area contributed by atoms with Gasteiger partial charge in [-0.3, -0.25) is 9.67 Å². The fourth-order valence-corrected chi connectivity index (χ4v) is 8.17. The Labute approximate surface area is 347 Å². The molecule has 16 heteroatoms. The largest absolute Gasteiger partial charge is 0.494 e. The van der Waals surface area contributed by atoms with Gasteiger partial charge in [-0.25, -0.2) is 9.78 Å². The van der Waals surface area contributed by atoms with Crippen LogP contribution in [0.3, 0.4) is 0 Å². The summed E-state index contributed by atoms with van der Waals surface area (Å²) in [4.78, 5) is 32.9. The Bertz CT molecular complexity index is 2420. The number of nitrogens with zero attached hydrogens (tertiary/aromatic N) is 8. The highest BCUT2D eigenvalue weighted by Crippen LogP contribution is 2.42. The van der Waals surface area contributed by atoms with E-state index in [1.807, 2.05) is 88.7 Å². The summed E-state index contributed by atoms with van der Waals surface area (Å²) in [5, 5.41) is 11.9. The Morgan fingerprint density at radius 1 is 0.931 bits per heavy atom. The number of methoxy groups -OCH3 is 1. The first-order valence-corrected chi connectivity index (χ1v) is 22.3. The van der Waals surface area contributed by atoms with Crippen molar-refractivity contribution in [3.8, 4) is 28.1 Å². The molecule has 1 amide bonds. The molecule has 1 fully saturated rings. The van der Waals surface area contributed by atoms with Crippen LogP contribution in [0.25, 0.3) is 22.4 Å². The predicted molar refractivity (Wildman–Crippen MR) is 234 cm³/mol. The van der Waals surface area contributed by atoms with Crippen molar-refractivity contribution in [2.45, 2.75) is 26.4 Å². The number of pyridine rings is 1. The van der Waals surface area contributed by atoms with E-state index in [1.165, 1.54) is 0 Å². The third-order valence-electron chi connectivity index (χ3n) is 9.64. The zero-order valence-corrected chi connectivity index (χ0v) is 36.2. The number of halogens is 1. The van der Waals surface area contributed by atoms with Gasteiger partial charge in [0.05, 0.1) is 46.7 Å². The molecule has 5 aromatic rings. The number of ether oxygens (including phenoxy) is 2. The Balaban J connectivity index is 1.13. The second kappa shape index (κ2) is 16.7. The molecular weight excluding hydrogens is 819 g/mol. The van der Waals surface area contributed by atoms with Gasteiger partial charge in [-0.1, -0.05) is 30.3 Å². The van der Waals surface area contributed by atoms with E-state index in [0.717, 1.165) is 46.9 Å². The molecule has 0 bridgehead atoms. The van der Waals surface area contributed by atoms with Crippen LogP contribution in [0, 0.1) is 0 Å². The van der Waals surface area contributed by atoms with Crippen molar-refractivity contribution in [2.24, 2.45) is 7.05 Å². The Morgan fingerprint density at radius 2 is 1.69 bits per heavy atom. The summed E-state index contributed by atoms with van der Waals surface area (Å²) in [7, 11) is 0.783. The van der Waals surface area contributed by atoms with E-state index in [2.05, 4.69) is 69.8 Å². The van der Waals surface area contributed by atoms with Crippen molar-refractivity contribution in [3.63, 3.8) is 0 Å². The van der Waals surface area contributed by atoms with Crippen LogP contribution in [0.15, 0.2) is 102 Å². The molecule has 2 aliphatic heterocycles. The lowest BCUT2D eigenvalue weighted by atomic mass is 10.0. The quantitative estimate of drug-likeness (QED) is 0.131. The van der Waals surface area contributed by atoms with Crippen molar-refractivity contribution in [2.75, 3.05) is 68.7 Å². The smallest absolute Gasteiger partial charge is 0.410 e. The van der Waals surface area contributed by atoms with Gasteiger partial charge >= 0.3 is 6.09 Å². The fourth-order valence-electron chi connectivity index (χ4n) is 6.76. The average Bonchev–Trinajstić information content (AvgIpc) is 3.64. The molecule has 0 spiro atoms. The van der Waals surface area contributed by atoms with Crippen molar-refractivity contribution in [1.82, 2.24) is 34.5 Å². The van der Waals surface area contributed by atoms with E-state index in [-0.39, 0.29) is 6.09 Å². The summed E-state index contributed by atoms with van der Waals surface area (Å²) in [5.41, 5.74) is 6.28. The SMILES string of the molecule is COc1cc(N2C=CC(N3CCN(C(=O)OC(C)(C)C)CC3)=CC2)c(-c2cnn(C)c2)cc1Nc1ncc(Br)c(Nc2cnc(-c3ccccc3)cc2P(C)(C)=O)n1. The van der Waals surface area contributed by atoms with Gasteiger partial charge in [0, 0.05) is 92.1 Å². The Hall–Kier alpha value is -5.66. The molecule has 7 rings (SSSR count). The number of hydrogen-bond acceptors (Lipinski definition) is 12. The second-order valence-corrected chi connectivity index (χ2v) is 19.5. The first-order valence-electron chi connectivity index (χ1n) is 18.9. The maximum Gasteiger partial charge on any atom is 0.410 e. The number of anilines is 5. The lowest BCUT2D eigenvalue weighted by molar-refractivity contribution is 0.0171. The number of carbonyl (C=O) groups is 1. The maximum absolute atomic E-state index is 13.5. The number of carbonyl (C=O) groups excluding carboxylic acids is 1. The third-order valence-corrected chi connectivity index (χ3v) is 11.7. The van der Waals surface area contributed by atoms with Crippen molar-refractivity contribution in [1.29, 1.82) is 0 Å². The van der Waals surface area contributed by atoms with Gasteiger partial charge in [0.2, 0.25) is 5.95 Å². The molecule has 1 saturated heterocycles. The van der Waals surface area contributed by atoms with Crippen LogP contribution in [-0.4, -0.2) is 99.4 Å². The number of amides is 1. The molecule has 0 unspecified atom stereocenters. The molecule has 14 nitrogen and oxygen atoms in total. The van der Waals surface area contributed by atoms with Crippen LogP contribution in [0.2, 0.25) is 0 Å². The zero-order chi connectivity index (χ0) is 41.2. The number of rotatable bonds is 10. The standard InChI is InChI=1S/C42H48BrN10O4P/c1-42(2,3)57-41(54)53-19-17-51(18-20-53)30-13-15-52(16-14-30)36-23-37(56-5)34(21-31(36)29-24-46-50(4)27-29)48-40-45-25-32(43)39(49-40)47-35-26-44-33(22-38(35)58(6,7)55)28-11-9-8-10-12-28/h8-15,21-27H,16-20H2,1-7H3,(H2,45,47,48,49). The lowest BCUT2D eigenvalue weighted by Gasteiger charge is -2.38. The molecule has 2 aromatic carbocycles. The number of allylic oxidation sites excluding steroid dienone is 1. The minimum Gasteiger partial charge on any atom is -0.494 e. The highest BCUT2D eigenvalue weighted by Gasteiger charge is 2.27. The maximum atomic E-state index is 13.5. The van der Waals surface area contributed by atoms with Crippen LogP contribution in [0.4, 0.5) is 33.6 Å². The average molecular weight is 868 g/mol. The van der Waals surface area contributed by atoms with E-state index in [4.69, 9.17) is 14.5 Å². The third kappa shape index (κ3) is 9.37. The predicted octanol–water partition coefficient (Wildman–Crippen LogP) is 8.22. The molecular formula is C42H48BrN10O4P. The molecule has 3 aromatic heterocycles. The molecule has 5 heterocycles. The number of piperazine rings is 1. The summed E-state index contributed by atoms with van der Waals surface area (Å²) in [5.74, 6) is 1.38. The van der Waals surface area contributed by atoms with Crippen LogP contribution < -0.4 is 25.6 Å². The Morgan fingerprint density at radius 3 is 2.33 bits per heavy atom. The number of benzene rings is 2. The number of nitrogens with one attached hydrogen (secondary N) is 2. The normalized spacial score (nSPS) is 14.6. The fraction of sp³-hybridized carbons (Fsp3) is 0.310. The Kier molecular flexibility index (Phi) is 11.7. The summed E-state index contributed by atoms with van der Waals surface area (Å²) < 4.78 is 27.5. The summed E-state index contributed by atoms with van der Waals surface area (Å²) in [6, 6.07) is 15.7. The zero-order valence-electron chi connectivity index (χ0n) is 33.7. The van der Waals surface area contributed by atoms with Gasteiger partial charge < -0.3 is 39.4 Å². The molecule has 2 aliphatic rings. The van der Waals surface area contributed by atoms with E-state index >= 15 is 0 Å². The second-order valence-electron chi connectivity index (χ2n) is 15.5. The first-order chi connectivity index (χ1) is 27.6. The molecule has 0 saturated carbocycles. The first kappa shape index (κ1) is 40.5. The lowest BCUT2D eigenvalue weighted by Crippen LogP contribution is -2.49. The van der Waals surface area contributed by atoms with Gasteiger partial charge in [-0.2, -0.15) is 10.1 Å². The van der Waals surface area contributed by atoms with Crippen molar-refractivity contribution in [3.05, 3.63) is 102 Å². The number of aromatic nitrogens is 5. The van der Waals surface area contributed by atoms with E-state index in [9.17, 15) is 9.36 Å². The minimum absolute atomic E-state index is 0.271. The highest BCUT2D eigenvalue weighted by atomic mass is 79.9. The van der Waals surface area contributed by atoms with Crippen molar-refractivity contribution < 1.29 is 18.8 Å². The van der Waals surface area contributed by atoms with Crippen LogP contribution in [0.5, 0.6) is 5.75 Å². The number of hydrogen-bond donors (Lipinski definition) is 2.